The number of aromatic carboxylic acids is 1. The smallest absolute Gasteiger partial charge is 0.339 e. The van der Waals surface area contributed by atoms with Crippen LogP contribution in [0.15, 0.2) is 12.3 Å². The highest BCUT2D eigenvalue weighted by atomic mass is 32.2. The molecule has 21 heavy (non-hydrogen) atoms. The Kier molecular flexibility index (Phi) is 3.81. The fourth-order valence-electron chi connectivity index (χ4n) is 2.25. The van der Waals surface area contributed by atoms with Crippen LogP contribution >= 0.6 is 0 Å². The molecule has 9 nitrogen and oxygen atoms in total. The molecule has 0 spiro atoms. The lowest BCUT2D eigenvalue weighted by molar-refractivity contribution is -0.385. The van der Waals surface area contributed by atoms with Crippen LogP contribution in [0.4, 0.5) is 11.5 Å². The average molecular weight is 315 g/mol. The van der Waals surface area contributed by atoms with Gasteiger partial charge >= 0.3 is 5.97 Å². The van der Waals surface area contributed by atoms with Gasteiger partial charge in [0.05, 0.1) is 16.4 Å². The Bertz CT molecular complexity index is 702. The summed E-state index contributed by atoms with van der Waals surface area (Å²) in [7, 11) is -3.15. The minimum atomic E-state index is -3.15. The number of anilines is 1. The monoisotopic (exact) mass is 315 g/mol. The van der Waals surface area contributed by atoms with Gasteiger partial charge in [-0.25, -0.2) is 18.2 Å². The Labute approximate surface area is 120 Å². The van der Waals surface area contributed by atoms with Gasteiger partial charge in [0.15, 0.2) is 9.84 Å². The molecule has 0 aliphatic carbocycles. The van der Waals surface area contributed by atoms with Gasteiger partial charge in [-0.2, -0.15) is 0 Å². The van der Waals surface area contributed by atoms with Crippen molar-refractivity contribution >= 4 is 27.3 Å². The first-order valence-corrected chi connectivity index (χ1v) is 7.88. The van der Waals surface area contributed by atoms with Crippen LogP contribution in [0.25, 0.3) is 0 Å². The van der Waals surface area contributed by atoms with Gasteiger partial charge in [-0.05, 0) is 6.92 Å². The summed E-state index contributed by atoms with van der Waals surface area (Å²) < 4.78 is 23.1. The number of hydrogen-bond acceptors (Lipinski definition) is 7. The largest absolute Gasteiger partial charge is 0.478 e. The lowest BCUT2D eigenvalue weighted by Crippen LogP contribution is -2.47. The zero-order valence-corrected chi connectivity index (χ0v) is 11.9. The molecule has 0 bridgehead atoms. The third kappa shape index (κ3) is 3.10. The maximum Gasteiger partial charge on any atom is 0.339 e. The van der Waals surface area contributed by atoms with E-state index in [9.17, 15) is 28.4 Å². The molecule has 0 radical (unpaired) electrons. The van der Waals surface area contributed by atoms with Crippen LogP contribution in [0.5, 0.6) is 0 Å². The van der Waals surface area contributed by atoms with Crippen molar-refractivity contribution in [2.24, 2.45) is 0 Å². The third-order valence-corrected chi connectivity index (χ3v) is 5.03. The number of rotatable bonds is 3. The molecule has 1 aromatic heterocycles. The first-order valence-electron chi connectivity index (χ1n) is 6.06. The average Bonchev–Trinajstić information content (AvgIpc) is 2.37. The molecule has 1 aliphatic heterocycles. The van der Waals surface area contributed by atoms with Gasteiger partial charge in [-0.15, -0.1) is 0 Å². The van der Waals surface area contributed by atoms with Crippen molar-refractivity contribution in [3.05, 3.63) is 27.9 Å². The van der Waals surface area contributed by atoms with Crippen molar-refractivity contribution in [3.8, 4) is 0 Å². The van der Waals surface area contributed by atoms with E-state index in [-0.39, 0.29) is 29.4 Å². The minimum absolute atomic E-state index is 0.0514. The number of sulfone groups is 1. The van der Waals surface area contributed by atoms with Gasteiger partial charge in [0.1, 0.15) is 17.6 Å². The summed E-state index contributed by atoms with van der Waals surface area (Å²) in [5.41, 5.74) is -0.733. The predicted octanol–water partition coefficient (Wildman–Crippen LogP) is 0.311. The molecule has 10 heteroatoms. The minimum Gasteiger partial charge on any atom is -0.478 e. The Morgan fingerprint density at radius 1 is 1.57 bits per heavy atom. The van der Waals surface area contributed by atoms with Crippen LogP contribution in [0.2, 0.25) is 0 Å². The second-order valence-electron chi connectivity index (χ2n) is 4.78. The summed E-state index contributed by atoms with van der Waals surface area (Å²) in [5.74, 6) is -1.50. The molecule has 1 aliphatic rings. The van der Waals surface area contributed by atoms with E-state index in [1.54, 1.807) is 11.8 Å². The number of aromatic nitrogens is 1. The number of carboxylic acids is 1. The normalized spacial score (nSPS) is 21.0. The van der Waals surface area contributed by atoms with E-state index in [1.807, 2.05) is 0 Å². The summed E-state index contributed by atoms with van der Waals surface area (Å²) in [6.07, 6.45) is 0.970. The predicted molar refractivity (Wildman–Crippen MR) is 73.3 cm³/mol. The number of nitrogens with zero attached hydrogens (tertiary/aromatic N) is 3. The van der Waals surface area contributed by atoms with Crippen LogP contribution in [0.1, 0.15) is 17.3 Å². The van der Waals surface area contributed by atoms with Gasteiger partial charge in [-0.1, -0.05) is 0 Å². The quantitative estimate of drug-likeness (QED) is 0.623. The van der Waals surface area contributed by atoms with E-state index in [0.29, 0.717) is 0 Å². The summed E-state index contributed by atoms with van der Waals surface area (Å²) in [4.78, 5) is 26.6. The van der Waals surface area contributed by atoms with Crippen LogP contribution in [-0.2, 0) is 9.84 Å². The summed E-state index contributed by atoms with van der Waals surface area (Å²) >= 11 is 0. The van der Waals surface area contributed by atoms with Crippen LogP contribution in [0, 0.1) is 10.1 Å². The maximum absolute atomic E-state index is 11.5. The van der Waals surface area contributed by atoms with E-state index >= 15 is 0 Å². The van der Waals surface area contributed by atoms with Crippen molar-refractivity contribution < 1.29 is 23.2 Å². The fraction of sp³-hybridized carbons (Fsp3) is 0.455. The molecule has 114 valence electrons. The molecule has 0 aromatic carbocycles. The molecule has 1 N–H and O–H groups in total. The molecular formula is C11H13N3O6S. The first kappa shape index (κ1) is 15.2. The molecule has 1 atom stereocenters. The van der Waals surface area contributed by atoms with E-state index < -0.39 is 32.5 Å². The van der Waals surface area contributed by atoms with Gasteiger partial charge < -0.3 is 10.0 Å². The fourth-order valence-corrected chi connectivity index (χ4v) is 3.80. The van der Waals surface area contributed by atoms with Crippen LogP contribution in [-0.4, -0.2) is 53.5 Å². The van der Waals surface area contributed by atoms with Crippen molar-refractivity contribution in [2.45, 2.75) is 13.0 Å². The van der Waals surface area contributed by atoms with E-state index in [0.717, 1.165) is 12.3 Å². The van der Waals surface area contributed by atoms with Gasteiger partial charge in [0, 0.05) is 18.7 Å². The Balaban J connectivity index is 2.44. The summed E-state index contributed by atoms with van der Waals surface area (Å²) in [5, 5.41) is 19.9. The Morgan fingerprint density at radius 3 is 2.76 bits per heavy atom. The molecule has 1 fully saturated rings. The maximum atomic E-state index is 11.5. The second kappa shape index (κ2) is 5.28. The van der Waals surface area contributed by atoms with Crippen LogP contribution < -0.4 is 4.90 Å². The van der Waals surface area contributed by atoms with Crippen molar-refractivity contribution in [2.75, 3.05) is 23.0 Å². The topological polar surface area (TPSA) is 131 Å². The SMILES string of the molecule is CC1CS(=O)(=O)CCN1c1ncc([N+](=O)[O-])cc1C(=O)O. The Hall–Kier alpha value is -2.23. The lowest BCUT2D eigenvalue weighted by Gasteiger charge is -2.34. The highest BCUT2D eigenvalue weighted by Crippen LogP contribution is 2.26. The molecule has 0 amide bonds. The highest BCUT2D eigenvalue weighted by molar-refractivity contribution is 7.91. The molecule has 2 heterocycles. The lowest BCUT2D eigenvalue weighted by atomic mass is 10.2. The standard InChI is InChI=1S/C11H13N3O6S/c1-7-6-21(19,20)3-2-13(7)10-9(11(15)16)4-8(5-12-10)14(17)18/h4-5,7H,2-3,6H2,1H3,(H,15,16). The van der Waals surface area contributed by atoms with Gasteiger partial charge in [0.25, 0.3) is 5.69 Å². The number of carbonyl (C=O) groups is 1. The molecule has 1 saturated heterocycles. The van der Waals surface area contributed by atoms with E-state index in [1.165, 1.54) is 0 Å². The Morgan fingerprint density at radius 2 is 2.24 bits per heavy atom. The highest BCUT2D eigenvalue weighted by Gasteiger charge is 2.32. The molecular weight excluding hydrogens is 302 g/mol. The summed E-state index contributed by atoms with van der Waals surface area (Å²) in [6.45, 7) is 1.75. The number of nitro groups is 1. The number of carboxylic acid groups (broad SMARTS) is 1. The molecule has 1 unspecified atom stereocenters. The van der Waals surface area contributed by atoms with Gasteiger partial charge in [0.2, 0.25) is 0 Å². The number of hydrogen-bond donors (Lipinski definition) is 1. The molecule has 2 rings (SSSR count). The molecule has 0 saturated carbocycles. The van der Waals surface area contributed by atoms with E-state index in [4.69, 9.17) is 0 Å². The zero-order valence-electron chi connectivity index (χ0n) is 11.1. The van der Waals surface area contributed by atoms with Crippen molar-refractivity contribution in [1.29, 1.82) is 0 Å². The molecule has 1 aromatic rings. The number of pyridine rings is 1. The third-order valence-electron chi connectivity index (χ3n) is 3.24. The first-order chi connectivity index (χ1) is 9.71. The van der Waals surface area contributed by atoms with E-state index in [2.05, 4.69) is 4.98 Å². The summed E-state index contributed by atoms with van der Waals surface area (Å²) in [6, 6.07) is 0.483. The zero-order chi connectivity index (χ0) is 15.8. The second-order valence-corrected chi connectivity index (χ2v) is 7.01. The van der Waals surface area contributed by atoms with Crippen molar-refractivity contribution in [3.63, 3.8) is 0 Å². The van der Waals surface area contributed by atoms with Crippen molar-refractivity contribution in [1.82, 2.24) is 4.98 Å². The van der Waals surface area contributed by atoms with Gasteiger partial charge in [-0.3, -0.25) is 10.1 Å². The van der Waals surface area contributed by atoms with Crippen LogP contribution in [0.3, 0.4) is 0 Å².